The third kappa shape index (κ3) is 5.76. The van der Waals surface area contributed by atoms with Crippen LogP contribution in [0.5, 0.6) is 0 Å². The molecule has 0 saturated carbocycles. The van der Waals surface area contributed by atoms with Crippen LogP contribution in [0.25, 0.3) is 0 Å². The van der Waals surface area contributed by atoms with E-state index in [4.69, 9.17) is 10.2 Å². The molecule has 0 aliphatic heterocycles. The highest BCUT2D eigenvalue weighted by atomic mass is 35.5. The number of hydrogen-bond donors (Lipinski definition) is 2. The summed E-state index contributed by atoms with van der Waals surface area (Å²) in [5, 5.41) is 18.2. The smallest absolute Gasteiger partial charge is 0.175 e. The fraction of sp³-hybridized carbons (Fsp3) is 0.538. The predicted molar refractivity (Wildman–Crippen MR) is 73.3 cm³/mol. The molecule has 2 N–H and O–H groups in total. The number of likely N-dealkylation sites (N-methyl/N-ethyl adjacent to an activating group) is 1. The summed E-state index contributed by atoms with van der Waals surface area (Å²) in [5.41, 5.74) is 0.983. The number of aliphatic hydroxyl groups is 2. The van der Waals surface area contributed by atoms with Gasteiger partial charge in [0.15, 0.2) is 9.84 Å². The van der Waals surface area contributed by atoms with Gasteiger partial charge in [0.25, 0.3) is 0 Å². The van der Waals surface area contributed by atoms with Crippen LogP contribution in [0.1, 0.15) is 5.56 Å². The molecule has 1 rings (SSSR count). The van der Waals surface area contributed by atoms with E-state index in [2.05, 4.69) is 0 Å². The van der Waals surface area contributed by atoms with Crippen molar-refractivity contribution in [2.75, 3.05) is 39.6 Å². The van der Waals surface area contributed by atoms with Crippen molar-refractivity contribution in [3.8, 4) is 0 Å². The van der Waals surface area contributed by atoms with Crippen LogP contribution >= 0.6 is 0 Å². The Bertz CT molecular complexity index is 496. The van der Waals surface area contributed by atoms with Gasteiger partial charge in [-0.3, -0.25) is 0 Å². The molecule has 0 radical (unpaired) electrons. The van der Waals surface area contributed by atoms with Crippen molar-refractivity contribution in [1.29, 1.82) is 0 Å². The Labute approximate surface area is 126 Å². The quantitative estimate of drug-likeness (QED) is 0.525. The Balaban J connectivity index is 0.00000361. The minimum atomic E-state index is -3.17. The van der Waals surface area contributed by atoms with Crippen molar-refractivity contribution >= 4 is 9.84 Å². The van der Waals surface area contributed by atoms with Gasteiger partial charge >= 0.3 is 0 Å². The molecule has 1 aromatic carbocycles. The minimum Gasteiger partial charge on any atom is -1.00 e. The molecule has 0 amide bonds. The van der Waals surface area contributed by atoms with Crippen molar-refractivity contribution in [1.82, 2.24) is 0 Å². The lowest BCUT2D eigenvalue weighted by Gasteiger charge is -2.33. The van der Waals surface area contributed by atoms with Gasteiger partial charge in [-0.15, -0.1) is 0 Å². The van der Waals surface area contributed by atoms with Gasteiger partial charge in [-0.1, -0.05) is 12.1 Å². The third-order valence-electron chi connectivity index (χ3n) is 3.20. The maximum absolute atomic E-state index is 11.4. The van der Waals surface area contributed by atoms with Gasteiger partial charge in [0.2, 0.25) is 0 Å². The maximum atomic E-state index is 11.4. The first-order chi connectivity index (χ1) is 8.80. The van der Waals surface area contributed by atoms with Crippen molar-refractivity contribution in [2.45, 2.75) is 11.4 Å². The van der Waals surface area contributed by atoms with Gasteiger partial charge in [-0.25, -0.2) is 8.42 Å². The second kappa shape index (κ2) is 7.95. The highest BCUT2D eigenvalue weighted by molar-refractivity contribution is 7.90. The van der Waals surface area contributed by atoms with E-state index in [-0.39, 0.29) is 25.6 Å². The van der Waals surface area contributed by atoms with Crippen LogP contribution in [0.3, 0.4) is 0 Å². The summed E-state index contributed by atoms with van der Waals surface area (Å²) in [7, 11) is -1.21. The number of nitrogens with zero attached hydrogens (tertiary/aromatic N) is 1. The molecular formula is C13H22ClNO4S. The van der Waals surface area contributed by atoms with Crippen molar-refractivity contribution < 1.29 is 35.5 Å². The van der Waals surface area contributed by atoms with Gasteiger partial charge in [-0.2, -0.15) is 0 Å². The molecular weight excluding hydrogens is 302 g/mol. The molecule has 20 heavy (non-hydrogen) atoms. The second-order valence-electron chi connectivity index (χ2n) is 5.09. The molecule has 0 aliphatic carbocycles. The van der Waals surface area contributed by atoms with E-state index in [1.54, 1.807) is 24.3 Å². The Hall–Kier alpha value is -0.660. The summed E-state index contributed by atoms with van der Waals surface area (Å²) >= 11 is 0. The second-order valence-corrected chi connectivity index (χ2v) is 7.10. The fourth-order valence-electron chi connectivity index (χ4n) is 2.04. The topological polar surface area (TPSA) is 74.6 Å². The van der Waals surface area contributed by atoms with Crippen molar-refractivity contribution in [3.05, 3.63) is 29.8 Å². The van der Waals surface area contributed by atoms with E-state index >= 15 is 0 Å². The normalized spacial score (nSPS) is 12.0. The van der Waals surface area contributed by atoms with Crippen LogP contribution in [0.15, 0.2) is 29.2 Å². The standard InChI is InChI=1S/C13H22NO4S.ClH/c1-14(7-9-15,8-10-16)11-12-3-5-13(6-4-12)19(2,17)18;/h3-6,15-16H,7-11H2,1-2H3;1H/q+1;/p-1. The number of hydrogen-bond acceptors (Lipinski definition) is 4. The van der Waals surface area contributed by atoms with E-state index in [0.29, 0.717) is 29.0 Å². The van der Waals surface area contributed by atoms with Gasteiger partial charge in [-0.05, 0) is 12.1 Å². The molecule has 0 unspecified atom stereocenters. The molecule has 0 bridgehead atoms. The van der Waals surface area contributed by atoms with Crippen LogP contribution in [-0.4, -0.2) is 62.7 Å². The third-order valence-corrected chi connectivity index (χ3v) is 4.32. The molecule has 1 aromatic rings. The first-order valence-corrected chi connectivity index (χ1v) is 8.04. The number of benzene rings is 1. The van der Waals surface area contributed by atoms with Crippen LogP contribution in [0.2, 0.25) is 0 Å². The average Bonchev–Trinajstić information content (AvgIpc) is 2.28. The summed E-state index contributed by atoms with van der Waals surface area (Å²) < 4.78 is 23.2. The highest BCUT2D eigenvalue weighted by Gasteiger charge is 2.21. The molecule has 0 aliphatic rings. The van der Waals surface area contributed by atoms with Crippen LogP contribution in [0.4, 0.5) is 0 Å². The van der Waals surface area contributed by atoms with Gasteiger partial charge in [0, 0.05) is 11.8 Å². The largest absolute Gasteiger partial charge is 1.00 e. The fourth-order valence-corrected chi connectivity index (χ4v) is 2.67. The molecule has 0 fully saturated rings. The zero-order valence-electron chi connectivity index (χ0n) is 11.8. The summed E-state index contributed by atoms with van der Waals surface area (Å²) in [6.45, 7) is 1.85. The lowest BCUT2D eigenvalue weighted by atomic mass is 10.2. The summed E-state index contributed by atoms with van der Waals surface area (Å²) in [5.74, 6) is 0. The number of aliphatic hydroxyl groups excluding tert-OH is 2. The molecule has 116 valence electrons. The van der Waals surface area contributed by atoms with Crippen molar-refractivity contribution in [3.63, 3.8) is 0 Å². The highest BCUT2D eigenvalue weighted by Crippen LogP contribution is 2.15. The number of halogens is 1. The molecule has 5 nitrogen and oxygen atoms in total. The Morgan fingerprint density at radius 1 is 1.05 bits per heavy atom. The summed E-state index contributed by atoms with van der Waals surface area (Å²) in [4.78, 5) is 0.301. The van der Waals surface area contributed by atoms with E-state index in [0.717, 1.165) is 5.56 Å². The lowest BCUT2D eigenvalue weighted by molar-refractivity contribution is -0.923. The van der Waals surface area contributed by atoms with Crippen molar-refractivity contribution in [2.24, 2.45) is 0 Å². The molecule has 0 heterocycles. The monoisotopic (exact) mass is 323 g/mol. The Morgan fingerprint density at radius 2 is 1.50 bits per heavy atom. The average molecular weight is 324 g/mol. The molecule has 0 spiro atoms. The Morgan fingerprint density at radius 3 is 1.85 bits per heavy atom. The number of quaternary nitrogens is 1. The first kappa shape index (κ1) is 19.3. The summed E-state index contributed by atoms with van der Waals surface area (Å²) in [6, 6.07) is 6.74. The van der Waals surface area contributed by atoms with Gasteiger partial charge in [0.05, 0.1) is 25.2 Å². The van der Waals surface area contributed by atoms with E-state index < -0.39 is 9.84 Å². The summed E-state index contributed by atoms with van der Waals surface area (Å²) in [6.07, 6.45) is 1.18. The van der Waals surface area contributed by atoms with Crippen LogP contribution in [0, 0.1) is 0 Å². The predicted octanol–water partition coefficient (Wildman–Crippen LogP) is -2.97. The zero-order valence-corrected chi connectivity index (χ0v) is 13.4. The van der Waals surface area contributed by atoms with E-state index in [9.17, 15) is 8.42 Å². The molecule has 0 saturated heterocycles. The number of rotatable bonds is 7. The molecule has 0 atom stereocenters. The van der Waals surface area contributed by atoms with Crippen LogP contribution < -0.4 is 12.4 Å². The Kier molecular flexibility index (Phi) is 7.69. The number of sulfone groups is 1. The SMILES string of the molecule is C[N+](CCO)(CCO)Cc1ccc(S(C)(=O)=O)cc1.[Cl-]. The first-order valence-electron chi connectivity index (χ1n) is 6.15. The molecule has 7 heteroatoms. The van der Waals surface area contributed by atoms with Gasteiger partial charge in [0.1, 0.15) is 19.6 Å². The lowest BCUT2D eigenvalue weighted by Crippen LogP contribution is -3.00. The van der Waals surface area contributed by atoms with E-state index in [1.807, 2.05) is 7.05 Å². The minimum absolute atomic E-state index is 0. The maximum Gasteiger partial charge on any atom is 0.175 e. The van der Waals surface area contributed by atoms with E-state index in [1.165, 1.54) is 6.26 Å². The van der Waals surface area contributed by atoms with Crippen LogP contribution in [-0.2, 0) is 16.4 Å². The molecule has 0 aromatic heterocycles. The van der Waals surface area contributed by atoms with Gasteiger partial charge < -0.3 is 27.1 Å². The zero-order chi connectivity index (χ0) is 14.5.